The first-order valence-electron chi connectivity index (χ1n) is 10.1. The Hall–Kier alpha value is -3.83. The lowest BCUT2D eigenvalue weighted by molar-refractivity contribution is -0.137. The van der Waals surface area contributed by atoms with E-state index in [4.69, 9.17) is 5.73 Å². The molecule has 0 radical (unpaired) electrons. The maximum Gasteiger partial charge on any atom is 0.416 e. The van der Waals surface area contributed by atoms with Crippen LogP contribution in [0.15, 0.2) is 48.2 Å². The van der Waals surface area contributed by atoms with E-state index in [1.807, 2.05) is 6.92 Å². The van der Waals surface area contributed by atoms with Crippen molar-refractivity contribution in [2.45, 2.75) is 19.6 Å². The Kier molecular flexibility index (Phi) is 5.60. The smallest absolute Gasteiger partial charge is 0.383 e. The van der Waals surface area contributed by atoms with Crippen LogP contribution in [-0.2, 0) is 27.1 Å². The van der Waals surface area contributed by atoms with Crippen molar-refractivity contribution >= 4 is 23.8 Å². The number of aromatic nitrogens is 2. The summed E-state index contributed by atoms with van der Waals surface area (Å²) < 4.78 is 40.2. The Morgan fingerprint density at radius 3 is 2.70 bits per heavy atom. The second kappa shape index (κ2) is 8.26. The summed E-state index contributed by atoms with van der Waals surface area (Å²) in [5, 5.41) is 6.73. The van der Waals surface area contributed by atoms with Gasteiger partial charge in [-0.3, -0.25) is 24.0 Å². The molecule has 9 nitrogen and oxygen atoms in total. The fourth-order valence-corrected chi connectivity index (χ4v) is 3.75. The van der Waals surface area contributed by atoms with Crippen molar-refractivity contribution in [3.8, 4) is 0 Å². The topological polar surface area (TPSA) is 114 Å². The lowest BCUT2D eigenvalue weighted by Gasteiger charge is -2.33. The number of ketones is 1. The van der Waals surface area contributed by atoms with Crippen molar-refractivity contribution in [2.75, 3.05) is 18.1 Å². The Labute approximate surface area is 186 Å². The molecule has 174 valence electrons. The van der Waals surface area contributed by atoms with Crippen LogP contribution in [0.5, 0.6) is 0 Å². The molecule has 2 atom stereocenters. The van der Waals surface area contributed by atoms with E-state index in [1.54, 1.807) is 4.90 Å². The van der Waals surface area contributed by atoms with E-state index in [0.29, 0.717) is 18.5 Å². The van der Waals surface area contributed by atoms with Crippen LogP contribution in [0, 0.1) is 11.8 Å². The van der Waals surface area contributed by atoms with Crippen LogP contribution in [0.4, 0.5) is 18.9 Å². The highest BCUT2D eigenvalue weighted by Crippen LogP contribution is 2.34. The Morgan fingerprint density at radius 1 is 1.33 bits per heavy atom. The van der Waals surface area contributed by atoms with Gasteiger partial charge in [0, 0.05) is 24.6 Å². The number of benzene rings is 1. The van der Waals surface area contributed by atoms with E-state index in [1.165, 1.54) is 29.2 Å². The summed E-state index contributed by atoms with van der Waals surface area (Å²) in [7, 11) is 0. The molecule has 1 aromatic heterocycles. The first-order chi connectivity index (χ1) is 15.6. The summed E-state index contributed by atoms with van der Waals surface area (Å²) in [6, 6.07) is 4.83. The molecule has 1 fully saturated rings. The number of rotatable bonds is 7. The van der Waals surface area contributed by atoms with E-state index in [9.17, 15) is 27.6 Å². The summed E-state index contributed by atoms with van der Waals surface area (Å²) in [5.41, 5.74) is 5.86. The van der Waals surface area contributed by atoms with Gasteiger partial charge in [0.15, 0.2) is 5.70 Å². The van der Waals surface area contributed by atoms with Gasteiger partial charge in [0.25, 0.3) is 5.91 Å². The van der Waals surface area contributed by atoms with Gasteiger partial charge in [0.2, 0.25) is 6.41 Å². The summed E-state index contributed by atoms with van der Waals surface area (Å²) in [5.74, 6) is -0.667. The second-order valence-electron chi connectivity index (χ2n) is 7.99. The number of anilines is 1. The van der Waals surface area contributed by atoms with Gasteiger partial charge < -0.3 is 16.0 Å². The largest absolute Gasteiger partial charge is 0.416 e. The van der Waals surface area contributed by atoms with Crippen LogP contribution in [-0.4, -0.2) is 46.0 Å². The molecule has 2 unspecified atom stereocenters. The molecular weight excluding hydrogens is 441 g/mol. The number of nitrogens with two attached hydrogens (primary N) is 1. The second-order valence-corrected chi connectivity index (χ2v) is 7.99. The zero-order valence-electron chi connectivity index (χ0n) is 17.5. The Morgan fingerprint density at radius 2 is 2.06 bits per heavy atom. The average molecular weight is 462 g/mol. The van der Waals surface area contributed by atoms with Gasteiger partial charge >= 0.3 is 6.18 Å². The normalized spacial score (nSPS) is 20.7. The number of hydrogen-bond acceptors (Lipinski definition) is 6. The van der Waals surface area contributed by atoms with Gasteiger partial charge in [0.05, 0.1) is 30.7 Å². The molecule has 4 rings (SSSR count). The number of alkyl halides is 3. The molecule has 1 saturated carbocycles. The summed E-state index contributed by atoms with van der Waals surface area (Å²) in [6.45, 7) is 2.25. The van der Waals surface area contributed by atoms with Crippen LogP contribution >= 0.6 is 0 Å². The lowest BCUT2D eigenvalue weighted by atomic mass is 10.1. The van der Waals surface area contributed by atoms with Crippen LogP contribution in [0.3, 0.4) is 0 Å². The van der Waals surface area contributed by atoms with Crippen molar-refractivity contribution < 1.29 is 27.6 Å². The molecule has 33 heavy (non-hydrogen) atoms. The van der Waals surface area contributed by atoms with Gasteiger partial charge in [-0.25, -0.2) is 0 Å². The lowest BCUT2D eigenvalue weighted by Crippen LogP contribution is -2.51. The number of carbonyl (C=O) groups is 3. The third-order valence-corrected chi connectivity index (χ3v) is 5.80. The third kappa shape index (κ3) is 4.41. The fourth-order valence-electron chi connectivity index (χ4n) is 3.75. The standard InChI is InChI=1S/C21H21F3N6O3/c1-12-16(18(12)32)9-28-10-26-20(33)17(19(28)25)30(11-31)15-6-27-29(8-15)7-13-3-2-4-14(5-13)21(22,23)24/h2-6,8,11-12,16H,7,9-10,25H2,1H3,(H,26,33). The molecular formula is C21H21F3N6O3. The van der Waals surface area contributed by atoms with Crippen molar-refractivity contribution in [3.63, 3.8) is 0 Å². The SMILES string of the molecule is CC1C(=O)C1CN1CNC(=O)C(N(C=O)c2cnn(Cc3cccc(C(F)(F)F)c3)c2)=C1N. The summed E-state index contributed by atoms with van der Waals surface area (Å²) in [6.07, 6.45) is -1.33. The fraction of sp³-hybridized carbons (Fsp3) is 0.333. The predicted octanol–water partition coefficient (Wildman–Crippen LogP) is 1.27. The minimum absolute atomic E-state index is 0.0190. The van der Waals surface area contributed by atoms with E-state index in [-0.39, 0.29) is 48.0 Å². The molecule has 1 aromatic carbocycles. The van der Waals surface area contributed by atoms with E-state index in [0.717, 1.165) is 17.0 Å². The molecule has 0 bridgehead atoms. The summed E-state index contributed by atoms with van der Waals surface area (Å²) >= 11 is 0. The maximum absolute atomic E-state index is 13.0. The molecule has 1 aliphatic heterocycles. The van der Waals surface area contributed by atoms with E-state index >= 15 is 0 Å². The first kappa shape index (κ1) is 22.4. The molecule has 2 aromatic rings. The first-order valence-corrected chi connectivity index (χ1v) is 10.1. The molecule has 3 N–H and O–H groups in total. The minimum Gasteiger partial charge on any atom is -0.383 e. The Bertz CT molecular complexity index is 1140. The van der Waals surface area contributed by atoms with Gasteiger partial charge in [-0.1, -0.05) is 19.1 Å². The molecule has 1 aliphatic carbocycles. The van der Waals surface area contributed by atoms with Crippen molar-refractivity contribution in [1.29, 1.82) is 0 Å². The van der Waals surface area contributed by atoms with Gasteiger partial charge in [-0.2, -0.15) is 18.3 Å². The van der Waals surface area contributed by atoms with Gasteiger partial charge in [0.1, 0.15) is 11.6 Å². The number of amides is 2. The van der Waals surface area contributed by atoms with Crippen LogP contribution < -0.4 is 16.0 Å². The zero-order valence-corrected chi connectivity index (χ0v) is 17.5. The molecule has 2 aliphatic rings. The minimum atomic E-state index is -4.47. The molecule has 2 heterocycles. The van der Waals surface area contributed by atoms with Gasteiger partial charge in [-0.15, -0.1) is 0 Å². The maximum atomic E-state index is 13.0. The van der Waals surface area contributed by atoms with Crippen LogP contribution in [0.2, 0.25) is 0 Å². The van der Waals surface area contributed by atoms with Crippen molar-refractivity contribution in [2.24, 2.45) is 17.6 Å². The number of Topliss-reactive ketones (excluding diaryl/α,β-unsaturated/α-hetero) is 1. The van der Waals surface area contributed by atoms with Gasteiger partial charge in [-0.05, 0) is 17.7 Å². The average Bonchev–Trinajstić information content (AvgIpc) is 3.12. The molecule has 0 saturated heterocycles. The highest BCUT2D eigenvalue weighted by atomic mass is 19.4. The highest BCUT2D eigenvalue weighted by molar-refractivity contribution is 6.04. The number of carbonyl (C=O) groups excluding carboxylic acids is 3. The molecule has 0 spiro atoms. The monoisotopic (exact) mass is 462 g/mol. The van der Waals surface area contributed by atoms with Crippen molar-refractivity contribution in [3.05, 3.63) is 59.3 Å². The number of halogens is 3. The number of hydrogen-bond donors (Lipinski definition) is 2. The third-order valence-electron chi connectivity index (χ3n) is 5.80. The number of nitrogens with zero attached hydrogens (tertiary/aromatic N) is 4. The quantitative estimate of drug-likeness (QED) is 0.599. The van der Waals surface area contributed by atoms with Crippen LogP contribution in [0.1, 0.15) is 18.1 Å². The van der Waals surface area contributed by atoms with Crippen molar-refractivity contribution in [1.82, 2.24) is 20.0 Å². The molecule has 12 heteroatoms. The van der Waals surface area contributed by atoms with E-state index in [2.05, 4.69) is 10.4 Å². The van der Waals surface area contributed by atoms with E-state index < -0.39 is 17.6 Å². The highest BCUT2D eigenvalue weighted by Gasteiger charge is 2.47. The molecule has 2 amide bonds. The number of nitrogens with one attached hydrogen (secondary N) is 1. The predicted molar refractivity (Wildman–Crippen MR) is 110 cm³/mol. The summed E-state index contributed by atoms with van der Waals surface area (Å²) in [4.78, 5) is 38.7. The Balaban J connectivity index is 1.56. The zero-order chi connectivity index (χ0) is 23.9. The van der Waals surface area contributed by atoms with Crippen LogP contribution in [0.25, 0.3) is 0 Å².